The molecule has 90 valence electrons. The van der Waals surface area contributed by atoms with Crippen molar-refractivity contribution in [2.75, 3.05) is 13.2 Å². The second-order valence-corrected chi connectivity index (χ2v) is 4.45. The molecule has 1 atom stereocenters. The Morgan fingerprint density at radius 2 is 2.50 bits per heavy atom. The Balaban J connectivity index is 1.59. The van der Waals surface area contributed by atoms with Gasteiger partial charge in [-0.15, -0.1) is 0 Å². The molecule has 16 heavy (non-hydrogen) atoms. The van der Waals surface area contributed by atoms with Crippen LogP contribution in [0.2, 0.25) is 0 Å². The molecule has 0 radical (unpaired) electrons. The van der Waals surface area contributed by atoms with E-state index in [2.05, 4.69) is 10.3 Å². The first kappa shape index (κ1) is 11.6. The highest BCUT2D eigenvalue weighted by molar-refractivity contribution is 4.96. The Morgan fingerprint density at radius 3 is 3.19 bits per heavy atom. The predicted molar refractivity (Wildman–Crippen MR) is 63.1 cm³/mol. The molecule has 1 aliphatic heterocycles. The van der Waals surface area contributed by atoms with Crippen molar-refractivity contribution in [2.24, 2.45) is 7.05 Å². The van der Waals surface area contributed by atoms with E-state index in [1.807, 2.05) is 24.1 Å². The molecule has 2 heterocycles. The third-order valence-electron chi connectivity index (χ3n) is 3.14. The van der Waals surface area contributed by atoms with Crippen LogP contribution < -0.4 is 5.32 Å². The summed E-state index contributed by atoms with van der Waals surface area (Å²) in [4.78, 5) is 4.09. The molecule has 1 unspecified atom stereocenters. The lowest BCUT2D eigenvalue weighted by Crippen LogP contribution is -2.25. The van der Waals surface area contributed by atoms with E-state index in [-0.39, 0.29) is 0 Å². The van der Waals surface area contributed by atoms with Gasteiger partial charge >= 0.3 is 0 Å². The summed E-state index contributed by atoms with van der Waals surface area (Å²) in [6, 6.07) is 0. The van der Waals surface area contributed by atoms with Crippen molar-refractivity contribution in [3.63, 3.8) is 0 Å². The quantitative estimate of drug-likeness (QED) is 0.768. The molecule has 1 aromatic heterocycles. The van der Waals surface area contributed by atoms with Gasteiger partial charge in [0, 0.05) is 26.4 Å². The van der Waals surface area contributed by atoms with Crippen LogP contribution in [0.1, 0.15) is 31.4 Å². The monoisotopic (exact) mass is 223 g/mol. The first-order valence-corrected chi connectivity index (χ1v) is 6.14. The van der Waals surface area contributed by atoms with Gasteiger partial charge in [0.25, 0.3) is 0 Å². The van der Waals surface area contributed by atoms with Crippen molar-refractivity contribution in [2.45, 2.75) is 38.3 Å². The van der Waals surface area contributed by atoms with Crippen LogP contribution in [-0.4, -0.2) is 28.8 Å². The number of nitrogens with one attached hydrogen (secondary N) is 1. The summed E-state index contributed by atoms with van der Waals surface area (Å²) in [5, 5.41) is 3.44. The molecule has 0 saturated carbocycles. The molecule has 1 aromatic rings. The summed E-state index contributed by atoms with van der Waals surface area (Å²) in [6.45, 7) is 2.87. The molecule has 1 saturated heterocycles. The second kappa shape index (κ2) is 6.01. The van der Waals surface area contributed by atoms with E-state index >= 15 is 0 Å². The number of imidazole rings is 1. The van der Waals surface area contributed by atoms with Crippen molar-refractivity contribution >= 4 is 0 Å². The average Bonchev–Trinajstić information content (AvgIpc) is 2.72. The zero-order valence-corrected chi connectivity index (χ0v) is 9.98. The molecular weight excluding hydrogens is 202 g/mol. The third-order valence-corrected chi connectivity index (χ3v) is 3.14. The Bertz CT molecular complexity index is 305. The molecule has 4 nitrogen and oxygen atoms in total. The van der Waals surface area contributed by atoms with Crippen LogP contribution in [0.4, 0.5) is 0 Å². The van der Waals surface area contributed by atoms with Crippen molar-refractivity contribution in [1.29, 1.82) is 0 Å². The molecule has 0 spiro atoms. The van der Waals surface area contributed by atoms with Gasteiger partial charge in [-0.25, -0.2) is 4.98 Å². The van der Waals surface area contributed by atoms with Gasteiger partial charge in [-0.1, -0.05) is 0 Å². The van der Waals surface area contributed by atoms with Gasteiger partial charge in [0.05, 0.1) is 18.1 Å². The lowest BCUT2D eigenvalue weighted by Gasteiger charge is -2.22. The molecule has 0 amide bonds. The number of aryl methyl sites for hydroxylation is 1. The van der Waals surface area contributed by atoms with Gasteiger partial charge in [0.1, 0.15) is 0 Å². The molecule has 4 heteroatoms. The van der Waals surface area contributed by atoms with Crippen molar-refractivity contribution in [1.82, 2.24) is 14.9 Å². The van der Waals surface area contributed by atoms with Crippen LogP contribution in [0.5, 0.6) is 0 Å². The van der Waals surface area contributed by atoms with E-state index in [1.54, 1.807) is 0 Å². The van der Waals surface area contributed by atoms with Crippen molar-refractivity contribution in [3.05, 3.63) is 18.2 Å². The van der Waals surface area contributed by atoms with Crippen LogP contribution >= 0.6 is 0 Å². The van der Waals surface area contributed by atoms with E-state index in [0.29, 0.717) is 6.10 Å². The molecule has 1 N–H and O–H groups in total. The first-order valence-electron chi connectivity index (χ1n) is 6.14. The molecule has 1 aliphatic rings. The summed E-state index contributed by atoms with van der Waals surface area (Å²) in [5.74, 6) is 0. The van der Waals surface area contributed by atoms with Crippen LogP contribution in [0.3, 0.4) is 0 Å². The van der Waals surface area contributed by atoms with Crippen molar-refractivity contribution in [3.8, 4) is 0 Å². The Kier molecular flexibility index (Phi) is 4.36. The molecular formula is C12H21N3O. The average molecular weight is 223 g/mol. The van der Waals surface area contributed by atoms with E-state index < -0.39 is 0 Å². The normalized spacial score (nSPS) is 21.2. The SMILES string of the molecule is Cn1cncc1CNCCC1CCCCO1. The summed E-state index contributed by atoms with van der Waals surface area (Å²) < 4.78 is 7.73. The largest absolute Gasteiger partial charge is 0.378 e. The molecule has 2 rings (SSSR count). The predicted octanol–water partition coefficient (Wildman–Crippen LogP) is 1.47. The topological polar surface area (TPSA) is 39.1 Å². The van der Waals surface area contributed by atoms with E-state index in [9.17, 15) is 0 Å². The van der Waals surface area contributed by atoms with Crippen LogP contribution in [0.25, 0.3) is 0 Å². The number of hydrogen-bond acceptors (Lipinski definition) is 3. The number of rotatable bonds is 5. The Labute approximate surface area is 97.0 Å². The second-order valence-electron chi connectivity index (χ2n) is 4.45. The van der Waals surface area contributed by atoms with E-state index in [4.69, 9.17) is 4.74 Å². The van der Waals surface area contributed by atoms with Gasteiger partial charge in [0.15, 0.2) is 0 Å². The van der Waals surface area contributed by atoms with Crippen LogP contribution in [0, 0.1) is 0 Å². The van der Waals surface area contributed by atoms with E-state index in [0.717, 1.165) is 26.1 Å². The Hall–Kier alpha value is -0.870. The van der Waals surface area contributed by atoms with Crippen LogP contribution in [-0.2, 0) is 18.3 Å². The van der Waals surface area contributed by atoms with Crippen molar-refractivity contribution < 1.29 is 4.74 Å². The van der Waals surface area contributed by atoms with Gasteiger partial charge in [0.2, 0.25) is 0 Å². The standard InChI is InChI=1S/C12H21N3O/c1-15-10-14-9-11(15)8-13-6-5-12-4-2-3-7-16-12/h9-10,12-13H,2-8H2,1H3. The highest BCUT2D eigenvalue weighted by Gasteiger charge is 2.12. The van der Waals surface area contributed by atoms with Gasteiger partial charge in [-0.2, -0.15) is 0 Å². The Morgan fingerprint density at radius 1 is 1.56 bits per heavy atom. The van der Waals surface area contributed by atoms with Gasteiger partial charge in [-0.05, 0) is 32.2 Å². The third kappa shape index (κ3) is 3.32. The summed E-state index contributed by atoms with van der Waals surface area (Å²) in [7, 11) is 2.02. The number of aromatic nitrogens is 2. The highest BCUT2D eigenvalue weighted by Crippen LogP contribution is 2.14. The molecule has 0 aliphatic carbocycles. The molecule has 0 aromatic carbocycles. The lowest BCUT2D eigenvalue weighted by atomic mass is 10.1. The van der Waals surface area contributed by atoms with Gasteiger partial charge in [-0.3, -0.25) is 0 Å². The number of hydrogen-bond donors (Lipinski definition) is 1. The minimum Gasteiger partial charge on any atom is -0.378 e. The highest BCUT2D eigenvalue weighted by atomic mass is 16.5. The number of ether oxygens (including phenoxy) is 1. The first-order chi connectivity index (χ1) is 7.86. The lowest BCUT2D eigenvalue weighted by molar-refractivity contribution is 0.0115. The van der Waals surface area contributed by atoms with Crippen LogP contribution in [0.15, 0.2) is 12.5 Å². The zero-order chi connectivity index (χ0) is 11.2. The fourth-order valence-corrected chi connectivity index (χ4v) is 2.07. The maximum atomic E-state index is 5.68. The minimum atomic E-state index is 0.479. The zero-order valence-electron chi connectivity index (χ0n) is 9.98. The summed E-state index contributed by atoms with van der Waals surface area (Å²) in [6.07, 6.45) is 9.13. The maximum Gasteiger partial charge on any atom is 0.0945 e. The summed E-state index contributed by atoms with van der Waals surface area (Å²) in [5.41, 5.74) is 1.23. The minimum absolute atomic E-state index is 0.479. The maximum absolute atomic E-state index is 5.68. The fraction of sp³-hybridized carbons (Fsp3) is 0.750. The molecule has 1 fully saturated rings. The number of nitrogens with zero attached hydrogens (tertiary/aromatic N) is 2. The van der Waals surface area contributed by atoms with E-state index in [1.165, 1.54) is 25.0 Å². The van der Waals surface area contributed by atoms with Gasteiger partial charge < -0.3 is 14.6 Å². The molecule has 0 bridgehead atoms. The summed E-state index contributed by atoms with van der Waals surface area (Å²) >= 11 is 0. The fourth-order valence-electron chi connectivity index (χ4n) is 2.07. The smallest absolute Gasteiger partial charge is 0.0945 e.